The van der Waals surface area contributed by atoms with Crippen LogP contribution in [0.25, 0.3) is 16.4 Å². The van der Waals surface area contributed by atoms with Gasteiger partial charge in [-0.15, -0.1) is 0 Å². The standard InChI is InChI=1S/C20H19N7O3/c1-3-10-27-20(30)14-8-5-4-7-13(14)16(25-27)19(29)23-22-18(28)15-12(2)24-26-11-6-9-21-17(15)26/h4-9,11H,3,10H2,1-2H3,(H,22,28)(H,23,29). The average molecular weight is 405 g/mol. The zero-order valence-corrected chi connectivity index (χ0v) is 16.4. The van der Waals surface area contributed by atoms with E-state index in [0.29, 0.717) is 35.1 Å². The summed E-state index contributed by atoms with van der Waals surface area (Å²) in [7, 11) is 0. The lowest BCUT2D eigenvalue weighted by Crippen LogP contribution is -2.43. The molecular weight excluding hydrogens is 386 g/mol. The quantitative estimate of drug-likeness (QED) is 0.492. The number of nitrogens with zero attached hydrogens (tertiary/aromatic N) is 5. The van der Waals surface area contributed by atoms with Crippen molar-refractivity contribution in [3.05, 3.63) is 70.0 Å². The molecule has 4 rings (SSSR count). The minimum atomic E-state index is -0.633. The zero-order chi connectivity index (χ0) is 21.3. The number of carbonyl (C=O) groups is 2. The van der Waals surface area contributed by atoms with Crippen LogP contribution < -0.4 is 16.4 Å². The van der Waals surface area contributed by atoms with Gasteiger partial charge in [0, 0.05) is 24.3 Å². The minimum absolute atomic E-state index is 0.0497. The monoisotopic (exact) mass is 405 g/mol. The van der Waals surface area contributed by atoms with E-state index in [1.54, 1.807) is 49.6 Å². The van der Waals surface area contributed by atoms with Crippen molar-refractivity contribution in [1.82, 2.24) is 35.2 Å². The number of benzene rings is 1. The molecule has 0 unspecified atom stereocenters. The number of fused-ring (bicyclic) bond motifs is 2. The summed E-state index contributed by atoms with van der Waals surface area (Å²) in [6, 6.07) is 8.44. The van der Waals surface area contributed by atoms with E-state index in [4.69, 9.17) is 0 Å². The van der Waals surface area contributed by atoms with Crippen LogP contribution >= 0.6 is 0 Å². The van der Waals surface area contributed by atoms with Gasteiger partial charge in [-0.2, -0.15) is 10.2 Å². The Kier molecular flexibility index (Phi) is 4.97. The van der Waals surface area contributed by atoms with Crippen LogP contribution in [-0.4, -0.2) is 36.2 Å². The molecule has 0 fully saturated rings. The summed E-state index contributed by atoms with van der Waals surface area (Å²) < 4.78 is 2.75. The highest BCUT2D eigenvalue weighted by Gasteiger charge is 2.21. The lowest BCUT2D eigenvalue weighted by atomic mass is 10.1. The van der Waals surface area contributed by atoms with E-state index < -0.39 is 11.8 Å². The topological polar surface area (TPSA) is 123 Å². The smallest absolute Gasteiger partial charge is 0.267 e. The van der Waals surface area contributed by atoms with Gasteiger partial charge in [-0.3, -0.25) is 25.2 Å². The van der Waals surface area contributed by atoms with Crippen molar-refractivity contribution in [2.75, 3.05) is 0 Å². The Bertz CT molecular complexity index is 1340. The Morgan fingerprint density at radius 3 is 2.53 bits per heavy atom. The molecule has 2 amide bonds. The van der Waals surface area contributed by atoms with Crippen molar-refractivity contribution < 1.29 is 9.59 Å². The summed E-state index contributed by atoms with van der Waals surface area (Å²) in [4.78, 5) is 42.2. The third kappa shape index (κ3) is 3.28. The molecule has 2 N–H and O–H groups in total. The van der Waals surface area contributed by atoms with Gasteiger partial charge in [0.25, 0.3) is 17.4 Å². The molecule has 3 aromatic heterocycles. The largest absolute Gasteiger partial charge is 0.290 e. The number of hydrogen-bond acceptors (Lipinski definition) is 6. The summed E-state index contributed by atoms with van der Waals surface area (Å²) in [6.07, 6.45) is 3.92. The molecule has 0 aliphatic carbocycles. The second kappa shape index (κ2) is 7.74. The summed E-state index contributed by atoms with van der Waals surface area (Å²) in [6.45, 7) is 3.97. The first-order valence-electron chi connectivity index (χ1n) is 9.41. The fourth-order valence-corrected chi connectivity index (χ4v) is 3.26. The van der Waals surface area contributed by atoms with Crippen molar-refractivity contribution in [3.8, 4) is 0 Å². The molecule has 0 atom stereocenters. The molecule has 4 aromatic rings. The summed E-state index contributed by atoms with van der Waals surface area (Å²) in [5.74, 6) is -1.19. The normalized spacial score (nSPS) is 11.0. The van der Waals surface area contributed by atoms with Crippen LogP contribution in [-0.2, 0) is 6.54 Å². The van der Waals surface area contributed by atoms with Crippen molar-refractivity contribution in [1.29, 1.82) is 0 Å². The Balaban J connectivity index is 1.63. The van der Waals surface area contributed by atoms with E-state index in [1.807, 2.05) is 6.92 Å². The highest BCUT2D eigenvalue weighted by atomic mass is 16.2. The molecule has 0 saturated heterocycles. The lowest BCUT2D eigenvalue weighted by Gasteiger charge is -2.11. The van der Waals surface area contributed by atoms with Crippen LogP contribution in [0, 0.1) is 6.92 Å². The first-order valence-corrected chi connectivity index (χ1v) is 9.41. The van der Waals surface area contributed by atoms with Crippen LogP contribution in [0.1, 0.15) is 39.9 Å². The Hall–Kier alpha value is -4.08. The van der Waals surface area contributed by atoms with Gasteiger partial charge in [0.2, 0.25) is 0 Å². The summed E-state index contributed by atoms with van der Waals surface area (Å²) in [5.41, 5.74) is 5.66. The fraction of sp³-hybridized carbons (Fsp3) is 0.200. The van der Waals surface area contributed by atoms with Gasteiger partial charge in [-0.1, -0.05) is 25.1 Å². The van der Waals surface area contributed by atoms with Crippen LogP contribution in [0.4, 0.5) is 0 Å². The second-order valence-corrected chi connectivity index (χ2v) is 6.68. The van der Waals surface area contributed by atoms with Gasteiger partial charge in [0.1, 0.15) is 5.56 Å². The molecule has 0 radical (unpaired) electrons. The molecule has 10 heteroatoms. The first-order chi connectivity index (χ1) is 14.5. The van der Waals surface area contributed by atoms with E-state index in [-0.39, 0.29) is 16.8 Å². The van der Waals surface area contributed by atoms with Crippen molar-refractivity contribution in [2.24, 2.45) is 0 Å². The van der Waals surface area contributed by atoms with E-state index in [0.717, 1.165) is 0 Å². The van der Waals surface area contributed by atoms with Crippen LogP contribution in [0.15, 0.2) is 47.5 Å². The van der Waals surface area contributed by atoms with Crippen LogP contribution in [0.3, 0.4) is 0 Å². The molecular formula is C20H19N7O3. The molecule has 0 aliphatic rings. The van der Waals surface area contributed by atoms with Gasteiger partial charge in [-0.05, 0) is 25.5 Å². The summed E-state index contributed by atoms with van der Waals surface area (Å²) >= 11 is 0. The SMILES string of the molecule is CCCn1nc(C(=O)NNC(=O)c2c(C)nn3cccnc23)c2ccccc2c1=O. The van der Waals surface area contributed by atoms with Gasteiger partial charge in [-0.25, -0.2) is 14.2 Å². The Morgan fingerprint density at radius 2 is 1.77 bits per heavy atom. The van der Waals surface area contributed by atoms with Crippen molar-refractivity contribution in [2.45, 2.75) is 26.8 Å². The predicted molar refractivity (Wildman–Crippen MR) is 109 cm³/mol. The van der Waals surface area contributed by atoms with Crippen molar-refractivity contribution >= 4 is 28.2 Å². The lowest BCUT2D eigenvalue weighted by molar-refractivity contribution is 0.0844. The number of nitrogens with one attached hydrogen (secondary N) is 2. The maximum absolute atomic E-state index is 12.8. The first kappa shape index (κ1) is 19.2. The molecule has 0 spiro atoms. The van der Waals surface area contributed by atoms with Crippen LogP contribution in [0.5, 0.6) is 0 Å². The maximum Gasteiger partial charge on any atom is 0.290 e. The van der Waals surface area contributed by atoms with Gasteiger partial charge in [0.15, 0.2) is 11.3 Å². The highest BCUT2D eigenvalue weighted by Crippen LogP contribution is 2.14. The van der Waals surface area contributed by atoms with E-state index >= 15 is 0 Å². The second-order valence-electron chi connectivity index (χ2n) is 6.68. The highest BCUT2D eigenvalue weighted by molar-refractivity contribution is 6.07. The van der Waals surface area contributed by atoms with E-state index in [9.17, 15) is 14.4 Å². The number of amides is 2. The molecule has 30 heavy (non-hydrogen) atoms. The number of hydrogen-bond donors (Lipinski definition) is 2. The Labute approximate surface area is 170 Å². The molecule has 10 nitrogen and oxygen atoms in total. The molecule has 0 saturated carbocycles. The molecule has 3 heterocycles. The van der Waals surface area contributed by atoms with Gasteiger partial charge >= 0.3 is 0 Å². The Morgan fingerprint density at radius 1 is 1.03 bits per heavy atom. The third-order valence-electron chi connectivity index (χ3n) is 4.61. The number of aromatic nitrogens is 5. The van der Waals surface area contributed by atoms with Crippen LogP contribution in [0.2, 0.25) is 0 Å². The number of aryl methyl sites for hydroxylation is 2. The average Bonchev–Trinajstić information content (AvgIpc) is 3.09. The van der Waals surface area contributed by atoms with Gasteiger partial charge < -0.3 is 0 Å². The number of rotatable bonds is 4. The molecule has 0 bridgehead atoms. The molecule has 152 valence electrons. The predicted octanol–water partition coefficient (Wildman–Crippen LogP) is 1.23. The van der Waals surface area contributed by atoms with Gasteiger partial charge in [0.05, 0.1) is 11.1 Å². The fourth-order valence-electron chi connectivity index (χ4n) is 3.26. The maximum atomic E-state index is 12.8. The number of carbonyl (C=O) groups excluding carboxylic acids is 2. The minimum Gasteiger partial charge on any atom is -0.267 e. The number of hydrazine groups is 1. The zero-order valence-electron chi connectivity index (χ0n) is 16.4. The third-order valence-corrected chi connectivity index (χ3v) is 4.61. The van der Waals surface area contributed by atoms with Crippen molar-refractivity contribution in [3.63, 3.8) is 0 Å². The van der Waals surface area contributed by atoms with E-state index in [1.165, 1.54) is 9.20 Å². The van der Waals surface area contributed by atoms with E-state index in [2.05, 4.69) is 26.0 Å². The molecule has 1 aromatic carbocycles. The summed E-state index contributed by atoms with van der Waals surface area (Å²) in [5, 5.41) is 9.24. The molecule has 0 aliphatic heterocycles.